The number of hydrogen-bond acceptors (Lipinski definition) is 7. The van der Waals surface area contributed by atoms with Crippen LogP contribution >= 0.6 is 0 Å². The maximum absolute atomic E-state index is 11.8. The highest BCUT2D eigenvalue weighted by molar-refractivity contribution is 5.96. The molecule has 0 unspecified atom stereocenters. The highest BCUT2D eigenvalue weighted by atomic mass is 16.1. The number of imidazole rings is 1. The molecule has 6 aromatic heterocycles. The number of pyridine rings is 4. The number of aromatic amines is 2. The predicted octanol–water partition coefficient (Wildman–Crippen LogP) is 4.37. The summed E-state index contributed by atoms with van der Waals surface area (Å²) in [4.78, 5) is 37.3. The minimum Gasteiger partial charge on any atom is -0.325 e. The van der Waals surface area contributed by atoms with E-state index in [1.165, 1.54) is 0 Å². The lowest BCUT2D eigenvalue weighted by atomic mass is 10.1. The van der Waals surface area contributed by atoms with Gasteiger partial charge in [0.15, 0.2) is 17.1 Å². The average Bonchev–Trinajstić information content (AvgIpc) is 3.53. The smallest absolute Gasteiger partial charge is 0.224 e. The van der Waals surface area contributed by atoms with Crippen LogP contribution < -0.4 is 5.32 Å². The van der Waals surface area contributed by atoms with E-state index < -0.39 is 0 Å². The first-order valence-electron chi connectivity index (χ1n) is 11.0. The van der Waals surface area contributed by atoms with Crippen LogP contribution in [0.4, 0.5) is 5.69 Å². The van der Waals surface area contributed by atoms with Gasteiger partial charge in [0.25, 0.3) is 0 Å². The van der Waals surface area contributed by atoms with Crippen molar-refractivity contribution in [1.29, 1.82) is 0 Å². The van der Waals surface area contributed by atoms with Crippen LogP contribution in [0.1, 0.15) is 13.3 Å². The predicted molar refractivity (Wildman–Crippen MR) is 132 cm³/mol. The molecular formula is C25H19N9O. The second-order valence-electron chi connectivity index (χ2n) is 7.94. The number of carbonyl (C=O) groups is 1. The molecule has 6 aromatic rings. The fourth-order valence-corrected chi connectivity index (χ4v) is 3.94. The molecular weight excluding hydrogens is 442 g/mol. The van der Waals surface area contributed by atoms with Crippen molar-refractivity contribution in [2.45, 2.75) is 13.3 Å². The number of aromatic nitrogens is 8. The summed E-state index contributed by atoms with van der Waals surface area (Å²) in [5, 5.41) is 11.1. The Kier molecular flexibility index (Phi) is 4.95. The van der Waals surface area contributed by atoms with Gasteiger partial charge in [-0.2, -0.15) is 5.10 Å². The molecule has 170 valence electrons. The summed E-state index contributed by atoms with van der Waals surface area (Å²) in [6.07, 6.45) is 10.8. The van der Waals surface area contributed by atoms with Crippen molar-refractivity contribution in [3.63, 3.8) is 0 Å². The van der Waals surface area contributed by atoms with E-state index in [0.717, 1.165) is 33.2 Å². The molecule has 0 aliphatic carbocycles. The van der Waals surface area contributed by atoms with Crippen molar-refractivity contribution >= 4 is 33.8 Å². The molecule has 0 saturated carbocycles. The first kappa shape index (κ1) is 20.6. The van der Waals surface area contributed by atoms with Crippen molar-refractivity contribution in [1.82, 2.24) is 40.1 Å². The summed E-state index contributed by atoms with van der Waals surface area (Å²) in [5.74, 6) is 0.509. The van der Waals surface area contributed by atoms with E-state index in [0.29, 0.717) is 34.9 Å². The summed E-state index contributed by atoms with van der Waals surface area (Å²) in [5.41, 5.74) is 6.84. The SMILES string of the molecule is CCC(=O)Nc1cncc(-c2cnc3[nH]nc(-c4nc5c(-c6cccnc6)ccnc5[nH]4)c3c2)c1. The van der Waals surface area contributed by atoms with E-state index in [-0.39, 0.29) is 5.91 Å². The first-order valence-corrected chi connectivity index (χ1v) is 11.0. The van der Waals surface area contributed by atoms with Gasteiger partial charge in [-0.1, -0.05) is 13.0 Å². The van der Waals surface area contributed by atoms with Gasteiger partial charge in [0.05, 0.1) is 17.3 Å². The molecule has 6 rings (SSSR count). The van der Waals surface area contributed by atoms with Crippen molar-refractivity contribution in [3.8, 4) is 33.8 Å². The number of fused-ring (bicyclic) bond motifs is 2. The third-order valence-corrected chi connectivity index (χ3v) is 5.67. The Bertz CT molecular complexity index is 1690. The minimum absolute atomic E-state index is 0.0706. The molecule has 1 amide bonds. The molecule has 0 aliphatic rings. The van der Waals surface area contributed by atoms with Crippen molar-refractivity contribution in [2.75, 3.05) is 5.32 Å². The van der Waals surface area contributed by atoms with Crippen molar-refractivity contribution in [3.05, 3.63) is 67.5 Å². The Labute approximate surface area is 198 Å². The van der Waals surface area contributed by atoms with Gasteiger partial charge in [-0.25, -0.2) is 15.0 Å². The van der Waals surface area contributed by atoms with Crippen LogP contribution in [0.25, 0.3) is 56.0 Å². The molecule has 0 bridgehead atoms. The van der Waals surface area contributed by atoms with Gasteiger partial charge < -0.3 is 10.3 Å². The number of anilines is 1. The molecule has 3 N–H and O–H groups in total. The number of amides is 1. The normalized spacial score (nSPS) is 11.2. The Balaban J connectivity index is 1.43. The summed E-state index contributed by atoms with van der Waals surface area (Å²) < 4.78 is 0. The van der Waals surface area contributed by atoms with Crippen LogP contribution in [0.15, 0.2) is 67.5 Å². The van der Waals surface area contributed by atoms with Gasteiger partial charge in [-0.05, 0) is 24.3 Å². The van der Waals surface area contributed by atoms with Crippen LogP contribution in [-0.4, -0.2) is 46.0 Å². The molecule has 6 heterocycles. The van der Waals surface area contributed by atoms with Crippen LogP contribution in [0.2, 0.25) is 0 Å². The maximum Gasteiger partial charge on any atom is 0.224 e. The van der Waals surface area contributed by atoms with E-state index in [1.807, 2.05) is 30.3 Å². The van der Waals surface area contributed by atoms with Gasteiger partial charge in [-0.15, -0.1) is 0 Å². The van der Waals surface area contributed by atoms with E-state index in [9.17, 15) is 4.79 Å². The monoisotopic (exact) mass is 461 g/mol. The largest absolute Gasteiger partial charge is 0.325 e. The lowest BCUT2D eigenvalue weighted by Crippen LogP contribution is -2.09. The maximum atomic E-state index is 11.8. The van der Waals surface area contributed by atoms with Gasteiger partial charge >= 0.3 is 0 Å². The Morgan fingerprint density at radius 2 is 1.83 bits per heavy atom. The topological polar surface area (TPSA) is 138 Å². The van der Waals surface area contributed by atoms with Gasteiger partial charge in [0.1, 0.15) is 11.2 Å². The number of carbonyl (C=O) groups excluding carboxylic acids is 1. The van der Waals surface area contributed by atoms with Gasteiger partial charge in [-0.3, -0.25) is 19.9 Å². The number of hydrogen-bond donors (Lipinski definition) is 3. The van der Waals surface area contributed by atoms with Crippen LogP contribution in [0, 0.1) is 0 Å². The second kappa shape index (κ2) is 8.41. The Morgan fingerprint density at radius 3 is 2.69 bits per heavy atom. The zero-order chi connectivity index (χ0) is 23.8. The standard InChI is InChI=1S/C25H19N9O/c1-2-20(35)30-17-8-15(11-27-13-17)16-9-19-22(33-34-23(19)29-12-16)25-31-21-18(5-7-28-24(21)32-25)14-4-3-6-26-10-14/h3-13H,2H2,1H3,(H,30,35)(H,28,31,32)(H,29,33,34). The highest BCUT2D eigenvalue weighted by Crippen LogP contribution is 2.31. The molecule has 10 heteroatoms. The highest BCUT2D eigenvalue weighted by Gasteiger charge is 2.17. The zero-order valence-electron chi connectivity index (χ0n) is 18.6. The van der Waals surface area contributed by atoms with Gasteiger partial charge in [0.2, 0.25) is 5.91 Å². The molecule has 0 spiro atoms. The molecule has 0 aliphatic heterocycles. The molecule has 0 radical (unpaired) electrons. The first-order chi connectivity index (χ1) is 17.2. The fraction of sp³-hybridized carbons (Fsp3) is 0.0800. The zero-order valence-corrected chi connectivity index (χ0v) is 18.6. The third kappa shape index (κ3) is 3.76. The van der Waals surface area contributed by atoms with E-state index in [4.69, 9.17) is 4.98 Å². The fourth-order valence-electron chi connectivity index (χ4n) is 3.94. The third-order valence-electron chi connectivity index (χ3n) is 5.67. The van der Waals surface area contributed by atoms with Crippen LogP contribution in [0.5, 0.6) is 0 Å². The van der Waals surface area contributed by atoms with E-state index in [1.54, 1.807) is 44.1 Å². The average molecular weight is 461 g/mol. The quantitative estimate of drug-likeness (QED) is 0.346. The van der Waals surface area contributed by atoms with Crippen LogP contribution in [0.3, 0.4) is 0 Å². The number of nitrogens with zero attached hydrogens (tertiary/aromatic N) is 6. The van der Waals surface area contributed by atoms with Crippen LogP contribution in [-0.2, 0) is 4.79 Å². The summed E-state index contributed by atoms with van der Waals surface area (Å²) in [6, 6.07) is 9.65. The Morgan fingerprint density at radius 1 is 0.943 bits per heavy atom. The summed E-state index contributed by atoms with van der Waals surface area (Å²) in [7, 11) is 0. The lowest BCUT2D eigenvalue weighted by molar-refractivity contribution is -0.115. The molecule has 0 saturated heterocycles. The summed E-state index contributed by atoms with van der Waals surface area (Å²) in [6.45, 7) is 1.80. The lowest BCUT2D eigenvalue weighted by Gasteiger charge is -2.06. The molecule has 0 aromatic carbocycles. The molecule has 35 heavy (non-hydrogen) atoms. The number of H-pyrrole nitrogens is 2. The second-order valence-corrected chi connectivity index (χ2v) is 7.94. The van der Waals surface area contributed by atoms with Crippen molar-refractivity contribution < 1.29 is 4.79 Å². The molecule has 10 nitrogen and oxygen atoms in total. The van der Waals surface area contributed by atoms with E-state index in [2.05, 4.69) is 40.4 Å². The Hall–Kier alpha value is -4.99. The van der Waals surface area contributed by atoms with Gasteiger partial charge in [0, 0.05) is 59.7 Å². The number of rotatable bonds is 5. The van der Waals surface area contributed by atoms with Crippen molar-refractivity contribution in [2.24, 2.45) is 0 Å². The van der Waals surface area contributed by atoms with E-state index >= 15 is 0 Å². The minimum atomic E-state index is -0.0706. The molecule has 0 fully saturated rings. The molecule has 0 atom stereocenters. The number of nitrogens with one attached hydrogen (secondary N) is 3. The summed E-state index contributed by atoms with van der Waals surface area (Å²) >= 11 is 0.